The summed E-state index contributed by atoms with van der Waals surface area (Å²) in [5.41, 5.74) is 7.59. The second-order valence-electron chi connectivity index (χ2n) is 11.4. The van der Waals surface area contributed by atoms with Gasteiger partial charge in [-0.2, -0.15) is 0 Å². The molecule has 1 aliphatic heterocycles. The van der Waals surface area contributed by atoms with Crippen LogP contribution in [0.15, 0.2) is 83.4 Å². The molecule has 0 unspecified atom stereocenters. The Morgan fingerprint density at radius 1 is 0.925 bits per heavy atom. The Balaban J connectivity index is 1.10. The van der Waals surface area contributed by atoms with Crippen molar-refractivity contribution in [3.8, 4) is 22.5 Å². The average Bonchev–Trinajstić information content (AvgIpc) is 3.73. The fourth-order valence-electron chi connectivity index (χ4n) is 6.14. The van der Waals surface area contributed by atoms with Crippen molar-refractivity contribution in [2.45, 2.75) is 57.9 Å². The van der Waals surface area contributed by atoms with Gasteiger partial charge in [0, 0.05) is 17.7 Å². The van der Waals surface area contributed by atoms with Crippen LogP contribution in [0, 0.1) is 12.8 Å². The molecule has 0 amide bonds. The zero-order valence-corrected chi connectivity index (χ0v) is 23.6. The summed E-state index contributed by atoms with van der Waals surface area (Å²) in [5, 5.41) is 4.35. The molecule has 4 aromatic rings. The summed E-state index contributed by atoms with van der Waals surface area (Å²) >= 11 is 0. The van der Waals surface area contributed by atoms with Crippen LogP contribution in [0.3, 0.4) is 0 Å². The summed E-state index contributed by atoms with van der Waals surface area (Å²) in [6.45, 7) is 7.64. The van der Waals surface area contributed by atoms with E-state index in [0.29, 0.717) is 12.5 Å². The lowest BCUT2D eigenvalue weighted by Gasteiger charge is -2.32. The zero-order chi connectivity index (χ0) is 27.5. The lowest BCUT2D eigenvalue weighted by Crippen LogP contribution is -2.33. The summed E-state index contributed by atoms with van der Waals surface area (Å²) in [5.74, 6) is 1.45. The molecule has 0 radical (unpaired) electrons. The fraction of sp³-hybridized carbons (Fsp3) is 0.371. The van der Waals surface area contributed by atoms with E-state index in [-0.39, 0.29) is 5.97 Å². The van der Waals surface area contributed by atoms with Gasteiger partial charge in [0.25, 0.3) is 0 Å². The number of hydrogen-bond acceptors (Lipinski definition) is 5. The lowest BCUT2D eigenvalue weighted by molar-refractivity contribution is -0.146. The molecule has 1 aliphatic carbocycles. The number of carbonyl (C=O) groups excluding carboxylic acids is 1. The maximum atomic E-state index is 12.5. The number of aryl methyl sites for hydroxylation is 1. The van der Waals surface area contributed by atoms with Crippen molar-refractivity contribution >= 4 is 5.97 Å². The van der Waals surface area contributed by atoms with Gasteiger partial charge in [0.15, 0.2) is 5.76 Å². The number of likely N-dealkylation sites (tertiary alicyclic amines) is 1. The summed E-state index contributed by atoms with van der Waals surface area (Å²) < 4.78 is 11.2. The smallest absolute Gasteiger partial charge is 0.316 e. The molecule has 3 aromatic carbocycles. The van der Waals surface area contributed by atoms with Crippen LogP contribution in [-0.2, 0) is 27.9 Å². The first kappa shape index (κ1) is 26.5. The third-order valence-corrected chi connectivity index (χ3v) is 8.77. The maximum Gasteiger partial charge on any atom is 0.316 e. The van der Waals surface area contributed by atoms with Gasteiger partial charge in [-0.1, -0.05) is 84.0 Å². The quantitative estimate of drug-likeness (QED) is 0.210. The molecule has 2 aliphatic rings. The second-order valence-corrected chi connectivity index (χ2v) is 11.4. The van der Waals surface area contributed by atoms with Crippen LogP contribution in [0.1, 0.15) is 55.0 Å². The molecule has 40 heavy (non-hydrogen) atoms. The minimum Gasteiger partial charge on any atom is -0.465 e. The fourth-order valence-corrected chi connectivity index (χ4v) is 6.14. The normalized spacial score (nSPS) is 17.1. The Morgan fingerprint density at radius 2 is 1.55 bits per heavy atom. The highest BCUT2D eigenvalue weighted by Gasteiger charge is 2.52. The summed E-state index contributed by atoms with van der Waals surface area (Å²) in [7, 11) is 0. The van der Waals surface area contributed by atoms with Crippen LogP contribution in [0.5, 0.6) is 0 Å². The van der Waals surface area contributed by atoms with Gasteiger partial charge in [0.05, 0.1) is 17.7 Å². The molecule has 1 saturated carbocycles. The van der Waals surface area contributed by atoms with E-state index in [1.807, 2.05) is 6.92 Å². The number of aromatic nitrogens is 1. The molecule has 6 rings (SSSR count). The van der Waals surface area contributed by atoms with Crippen LogP contribution in [0.2, 0.25) is 0 Å². The van der Waals surface area contributed by atoms with Gasteiger partial charge in [-0.05, 0) is 87.2 Å². The van der Waals surface area contributed by atoms with E-state index in [2.05, 4.69) is 95.8 Å². The molecule has 2 fully saturated rings. The minimum atomic E-state index is -0.433. The third kappa shape index (κ3) is 5.48. The van der Waals surface area contributed by atoms with Crippen LogP contribution in [-0.4, -0.2) is 35.7 Å². The molecule has 5 heteroatoms. The minimum absolute atomic E-state index is 0.0944. The van der Waals surface area contributed by atoms with Gasteiger partial charge < -0.3 is 9.26 Å². The first-order valence-electron chi connectivity index (χ1n) is 14.7. The first-order valence-corrected chi connectivity index (χ1v) is 14.7. The highest BCUT2D eigenvalue weighted by molar-refractivity contribution is 5.87. The monoisotopic (exact) mass is 534 g/mol. The molecule has 1 aromatic heterocycles. The van der Waals surface area contributed by atoms with Crippen molar-refractivity contribution in [3.63, 3.8) is 0 Å². The third-order valence-electron chi connectivity index (χ3n) is 8.77. The standard InChI is InChI=1S/C35H38N2O3/c1-3-39-34(38)35(19-20-35)31-15-13-29(14-16-31)28-9-11-30(12-10-28)33-32(25(2)36-40-33)23-26-17-21-37(22-18-26)24-27-7-5-4-6-8-27/h4-16,26H,3,17-24H2,1-2H3. The number of rotatable bonds is 9. The predicted octanol–water partition coefficient (Wildman–Crippen LogP) is 7.37. The highest BCUT2D eigenvalue weighted by atomic mass is 16.5. The van der Waals surface area contributed by atoms with E-state index in [1.54, 1.807) is 0 Å². The van der Waals surface area contributed by atoms with Crippen molar-refractivity contribution in [2.24, 2.45) is 5.92 Å². The second kappa shape index (κ2) is 11.4. The van der Waals surface area contributed by atoms with Crippen molar-refractivity contribution in [3.05, 3.63) is 101 Å². The van der Waals surface area contributed by atoms with Crippen LogP contribution >= 0.6 is 0 Å². The molecule has 0 N–H and O–H groups in total. The van der Waals surface area contributed by atoms with Crippen molar-refractivity contribution in [1.82, 2.24) is 10.1 Å². The van der Waals surface area contributed by atoms with E-state index in [9.17, 15) is 4.79 Å². The van der Waals surface area contributed by atoms with Crippen molar-refractivity contribution in [1.29, 1.82) is 0 Å². The van der Waals surface area contributed by atoms with Crippen molar-refractivity contribution in [2.75, 3.05) is 19.7 Å². The SMILES string of the molecule is CCOC(=O)C1(c2ccc(-c3ccc(-c4onc(C)c4CC4CCN(Cc5ccccc5)CC4)cc3)cc2)CC1. The van der Waals surface area contributed by atoms with Gasteiger partial charge in [0.2, 0.25) is 0 Å². The largest absolute Gasteiger partial charge is 0.465 e. The van der Waals surface area contributed by atoms with Crippen LogP contribution in [0.25, 0.3) is 22.5 Å². The molecule has 0 atom stereocenters. The lowest BCUT2D eigenvalue weighted by atomic mass is 9.88. The van der Waals surface area contributed by atoms with Gasteiger partial charge in [-0.15, -0.1) is 0 Å². The van der Waals surface area contributed by atoms with Gasteiger partial charge in [0.1, 0.15) is 0 Å². The molecule has 5 nitrogen and oxygen atoms in total. The van der Waals surface area contributed by atoms with E-state index < -0.39 is 5.41 Å². The average molecular weight is 535 g/mol. The Kier molecular flexibility index (Phi) is 7.57. The van der Waals surface area contributed by atoms with E-state index in [4.69, 9.17) is 9.26 Å². The van der Waals surface area contributed by atoms with Crippen LogP contribution < -0.4 is 0 Å². The van der Waals surface area contributed by atoms with Gasteiger partial charge in [-0.25, -0.2) is 0 Å². The van der Waals surface area contributed by atoms with Crippen molar-refractivity contribution < 1.29 is 14.1 Å². The van der Waals surface area contributed by atoms with E-state index in [0.717, 1.165) is 72.6 Å². The topological polar surface area (TPSA) is 55.6 Å². The number of piperidine rings is 1. The van der Waals surface area contributed by atoms with E-state index >= 15 is 0 Å². The summed E-state index contributed by atoms with van der Waals surface area (Å²) in [6, 6.07) is 27.7. The van der Waals surface area contributed by atoms with E-state index in [1.165, 1.54) is 24.0 Å². The highest BCUT2D eigenvalue weighted by Crippen LogP contribution is 2.49. The number of hydrogen-bond donors (Lipinski definition) is 0. The number of carbonyl (C=O) groups is 1. The van der Waals surface area contributed by atoms with Gasteiger partial charge in [-0.3, -0.25) is 9.69 Å². The predicted molar refractivity (Wildman–Crippen MR) is 158 cm³/mol. The molecular formula is C35H38N2O3. The number of esters is 1. The molecule has 0 spiro atoms. The zero-order valence-electron chi connectivity index (χ0n) is 23.6. The maximum absolute atomic E-state index is 12.5. The first-order chi connectivity index (χ1) is 19.6. The van der Waals surface area contributed by atoms with Crippen LogP contribution in [0.4, 0.5) is 0 Å². The van der Waals surface area contributed by atoms with Gasteiger partial charge >= 0.3 is 5.97 Å². The molecule has 1 saturated heterocycles. The Hall–Kier alpha value is -3.70. The molecule has 0 bridgehead atoms. The molecule has 206 valence electrons. The Labute approximate surface area is 237 Å². The number of nitrogens with zero attached hydrogens (tertiary/aromatic N) is 2. The number of benzene rings is 3. The molecular weight excluding hydrogens is 496 g/mol. The Bertz CT molecular complexity index is 1430. The number of ether oxygens (including phenoxy) is 1. The Morgan fingerprint density at radius 3 is 2.17 bits per heavy atom. The molecule has 2 heterocycles. The summed E-state index contributed by atoms with van der Waals surface area (Å²) in [6.07, 6.45) is 5.14. The summed E-state index contributed by atoms with van der Waals surface area (Å²) in [4.78, 5) is 15.0.